The van der Waals surface area contributed by atoms with E-state index in [1.807, 2.05) is 0 Å². The van der Waals surface area contributed by atoms with Gasteiger partial charge in [0.2, 0.25) is 0 Å². The number of rotatable bonds is 3. The molecule has 0 aliphatic rings. The van der Waals surface area contributed by atoms with Crippen LogP contribution in [0.25, 0.3) is 0 Å². The van der Waals surface area contributed by atoms with Gasteiger partial charge in [0, 0.05) is 6.92 Å². The summed E-state index contributed by atoms with van der Waals surface area (Å²) in [4.78, 5) is 0. The van der Waals surface area contributed by atoms with Gasteiger partial charge in [-0.1, -0.05) is 0 Å². The lowest BCUT2D eigenvalue weighted by Gasteiger charge is -2.36. The molecular formula is C8H19N+. The van der Waals surface area contributed by atoms with Crippen LogP contribution in [0.5, 0.6) is 0 Å². The summed E-state index contributed by atoms with van der Waals surface area (Å²) in [5.41, 5.74) is 0. The van der Waals surface area contributed by atoms with Crippen molar-refractivity contribution in [1.82, 2.24) is 0 Å². The fraction of sp³-hybridized carbons (Fsp3) is 0.875. The second-order valence-corrected chi connectivity index (χ2v) is 2.96. The Morgan fingerprint density at radius 3 is 1.67 bits per heavy atom. The van der Waals surface area contributed by atoms with Crippen LogP contribution in [-0.2, 0) is 0 Å². The van der Waals surface area contributed by atoms with E-state index in [0.29, 0.717) is 6.04 Å². The molecule has 1 radical (unpaired) electrons. The highest BCUT2D eigenvalue weighted by Gasteiger charge is 2.19. The van der Waals surface area contributed by atoms with Crippen LogP contribution in [0.3, 0.4) is 0 Å². The highest BCUT2D eigenvalue weighted by Crippen LogP contribution is 2.06. The van der Waals surface area contributed by atoms with Gasteiger partial charge in [-0.3, -0.25) is 0 Å². The van der Waals surface area contributed by atoms with Gasteiger partial charge in [-0.2, -0.15) is 0 Å². The van der Waals surface area contributed by atoms with Crippen molar-refractivity contribution >= 4 is 0 Å². The molecule has 0 bridgehead atoms. The minimum atomic E-state index is 0.514. The molecule has 1 unspecified atom stereocenters. The highest BCUT2D eigenvalue weighted by molar-refractivity contribution is 4.51. The van der Waals surface area contributed by atoms with Gasteiger partial charge in [0.25, 0.3) is 0 Å². The molecule has 0 aromatic heterocycles. The summed E-state index contributed by atoms with van der Waals surface area (Å²) >= 11 is 0. The van der Waals surface area contributed by atoms with Crippen LogP contribution in [0.4, 0.5) is 0 Å². The Labute approximate surface area is 59.3 Å². The molecule has 0 amide bonds. The largest absolute Gasteiger partial charge is 0.324 e. The Hall–Kier alpha value is -0.0400. The van der Waals surface area contributed by atoms with Crippen molar-refractivity contribution in [2.75, 3.05) is 20.1 Å². The summed E-state index contributed by atoms with van der Waals surface area (Å²) in [6.45, 7) is 13.0. The molecule has 9 heavy (non-hydrogen) atoms. The van der Waals surface area contributed by atoms with Crippen LogP contribution >= 0.6 is 0 Å². The molecule has 0 fully saturated rings. The van der Waals surface area contributed by atoms with E-state index in [1.54, 1.807) is 0 Å². The summed E-state index contributed by atoms with van der Waals surface area (Å²) in [7, 11) is 2.25. The smallest absolute Gasteiger partial charge is 0.0861 e. The third-order valence-electron chi connectivity index (χ3n) is 2.51. The number of hydrogen-bond acceptors (Lipinski definition) is 0. The van der Waals surface area contributed by atoms with Gasteiger partial charge < -0.3 is 4.48 Å². The fourth-order valence-electron chi connectivity index (χ4n) is 0.847. The van der Waals surface area contributed by atoms with E-state index in [9.17, 15) is 0 Å². The predicted octanol–water partition coefficient (Wildman–Crippen LogP) is 1.70. The Morgan fingerprint density at radius 2 is 1.67 bits per heavy atom. The Bertz CT molecular complexity index is 72.6. The summed E-state index contributed by atoms with van der Waals surface area (Å²) < 4.78 is 1.08. The normalized spacial score (nSPS) is 12.7. The molecule has 0 spiro atoms. The first kappa shape index (κ1) is 8.96. The zero-order valence-electron chi connectivity index (χ0n) is 7.15. The van der Waals surface area contributed by atoms with E-state index in [2.05, 4.69) is 34.7 Å². The van der Waals surface area contributed by atoms with Crippen molar-refractivity contribution in [1.29, 1.82) is 0 Å². The van der Waals surface area contributed by atoms with Crippen LogP contribution < -0.4 is 0 Å². The topological polar surface area (TPSA) is 0 Å². The van der Waals surface area contributed by atoms with Crippen LogP contribution in [0.2, 0.25) is 0 Å². The van der Waals surface area contributed by atoms with E-state index < -0.39 is 0 Å². The van der Waals surface area contributed by atoms with E-state index in [4.69, 9.17) is 0 Å². The second-order valence-electron chi connectivity index (χ2n) is 2.96. The molecule has 55 valence electrons. The maximum atomic E-state index is 4.02. The van der Waals surface area contributed by atoms with Gasteiger partial charge in [-0.15, -0.1) is 0 Å². The van der Waals surface area contributed by atoms with Crippen LogP contribution in [-0.4, -0.2) is 30.7 Å². The summed E-state index contributed by atoms with van der Waals surface area (Å²) in [5.74, 6) is 0. The first-order valence-corrected chi connectivity index (χ1v) is 3.74. The third-order valence-corrected chi connectivity index (χ3v) is 2.51. The van der Waals surface area contributed by atoms with E-state index in [-0.39, 0.29) is 0 Å². The number of hydrogen-bond donors (Lipinski definition) is 0. The van der Waals surface area contributed by atoms with E-state index in [1.165, 1.54) is 13.1 Å². The molecule has 1 nitrogen and oxygen atoms in total. The van der Waals surface area contributed by atoms with Crippen molar-refractivity contribution in [2.45, 2.75) is 26.8 Å². The lowest BCUT2D eigenvalue weighted by atomic mass is 10.2. The molecule has 0 heterocycles. The average Bonchev–Trinajstić information content (AvgIpc) is 1.86. The first-order chi connectivity index (χ1) is 4.06. The van der Waals surface area contributed by atoms with E-state index >= 15 is 0 Å². The lowest BCUT2D eigenvalue weighted by molar-refractivity contribution is -0.922. The maximum absolute atomic E-state index is 4.02. The summed E-state index contributed by atoms with van der Waals surface area (Å²) in [5, 5.41) is 0. The van der Waals surface area contributed by atoms with Crippen molar-refractivity contribution in [2.24, 2.45) is 0 Å². The van der Waals surface area contributed by atoms with Gasteiger partial charge >= 0.3 is 0 Å². The quantitative estimate of drug-likeness (QED) is 0.509. The minimum Gasteiger partial charge on any atom is -0.324 e. The van der Waals surface area contributed by atoms with Crippen LogP contribution in [0.15, 0.2) is 0 Å². The summed E-state index contributed by atoms with van der Waals surface area (Å²) in [6, 6.07) is 0.514. The van der Waals surface area contributed by atoms with Crippen molar-refractivity contribution in [3.8, 4) is 0 Å². The van der Waals surface area contributed by atoms with Crippen molar-refractivity contribution in [3.05, 3.63) is 6.92 Å². The van der Waals surface area contributed by atoms with Crippen molar-refractivity contribution in [3.63, 3.8) is 0 Å². The second kappa shape index (κ2) is 3.21. The number of nitrogens with zero attached hydrogens (tertiary/aromatic N) is 1. The molecule has 0 aromatic rings. The molecule has 0 rings (SSSR count). The summed E-state index contributed by atoms with van der Waals surface area (Å²) in [6.07, 6.45) is 0. The Kier molecular flexibility index (Phi) is 3.20. The standard InChI is InChI=1S/C8H19N/c1-6-9(5,7-2)8(3)4/h8H,3,6-7H2,1-2,4-5H3/q+1. The SMILES string of the molecule is [CH2]C(C)[N+](C)(CC)CC. The van der Waals surface area contributed by atoms with Gasteiger partial charge in [0.1, 0.15) is 0 Å². The lowest BCUT2D eigenvalue weighted by Crippen LogP contribution is -2.49. The average molecular weight is 129 g/mol. The maximum Gasteiger partial charge on any atom is 0.0861 e. The predicted molar refractivity (Wildman–Crippen MR) is 42.1 cm³/mol. The molecule has 0 saturated carbocycles. The Balaban J connectivity index is 3.92. The third kappa shape index (κ3) is 1.98. The van der Waals surface area contributed by atoms with Gasteiger partial charge in [0.15, 0.2) is 0 Å². The molecular weight excluding hydrogens is 110 g/mol. The van der Waals surface area contributed by atoms with Gasteiger partial charge in [-0.25, -0.2) is 0 Å². The first-order valence-electron chi connectivity index (χ1n) is 3.74. The van der Waals surface area contributed by atoms with Gasteiger partial charge in [-0.05, 0) is 20.8 Å². The minimum absolute atomic E-state index is 0.514. The molecule has 1 atom stereocenters. The van der Waals surface area contributed by atoms with Crippen molar-refractivity contribution < 1.29 is 4.48 Å². The van der Waals surface area contributed by atoms with Gasteiger partial charge in [0.05, 0.1) is 26.2 Å². The number of quaternary nitrogens is 1. The highest BCUT2D eigenvalue weighted by atomic mass is 15.3. The molecule has 0 saturated heterocycles. The molecule has 1 heteroatoms. The van der Waals surface area contributed by atoms with Crippen LogP contribution in [0.1, 0.15) is 20.8 Å². The molecule has 0 aliphatic carbocycles. The zero-order chi connectivity index (χ0) is 7.49. The molecule has 0 aliphatic heterocycles. The molecule has 0 aromatic carbocycles. The van der Waals surface area contributed by atoms with E-state index in [0.717, 1.165) is 4.48 Å². The monoisotopic (exact) mass is 129 g/mol. The Morgan fingerprint density at radius 1 is 1.33 bits per heavy atom. The zero-order valence-corrected chi connectivity index (χ0v) is 7.15. The fourth-order valence-corrected chi connectivity index (χ4v) is 0.847. The van der Waals surface area contributed by atoms with Crippen LogP contribution in [0, 0.1) is 6.92 Å². The molecule has 0 N–H and O–H groups in total.